The van der Waals surface area contributed by atoms with Gasteiger partial charge >= 0.3 is 18.2 Å². The highest BCUT2D eigenvalue weighted by atomic mass is 32.1. The average Bonchev–Trinajstić information content (AvgIpc) is 3.32. The molecular weight excluding hydrogens is 423 g/mol. The van der Waals surface area contributed by atoms with Crippen molar-refractivity contribution in [3.63, 3.8) is 0 Å². The van der Waals surface area contributed by atoms with Gasteiger partial charge in [-0.15, -0.1) is 11.3 Å². The van der Waals surface area contributed by atoms with Crippen LogP contribution in [0.4, 0.5) is 23.7 Å². The Balaban J connectivity index is 1.67. The highest BCUT2D eigenvalue weighted by Crippen LogP contribution is 2.29. The molecule has 2 N–H and O–H groups in total. The maximum atomic E-state index is 12.6. The summed E-state index contributed by atoms with van der Waals surface area (Å²) in [4.78, 5) is 38.2. The number of nitrogens with zero attached hydrogens (tertiary/aromatic N) is 1. The maximum Gasteiger partial charge on any atom is 0.405 e. The largest absolute Gasteiger partial charge is 0.462 e. The second-order valence-corrected chi connectivity index (χ2v) is 7.78. The number of urea groups is 1. The number of rotatable bonds is 5. The van der Waals surface area contributed by atoms with Crippen molar-refractivity contribution in [2.75, 3.05) is 25.0 Å². The third kappa shape index (κ3) is 5.21. The van der Waals surface area contributed by atoms with Crippen LogP contribution in [-0.4, -0.2) is 54.7 Å². The molecule has 3 rings (SSSR count). The van der Waals surface area contributed by atoms with Crippen molar-refractivity contribution in [1.82, 2.24) is 10.2 Å². The summed E-state index contributed by atoms with van der Waals surface area (Å²) in [5.74, 6) is -1.25. The van der Waals surface area contributed by atoms with Crippen molar-refractivity contribution in [3.8, 4) is 0 Å². The van der Waals surface area contributed by atoms with E-state index in [0.29, 0.717) is 23.4 Å². The van der Waals surface area contributed by atoms with E-state index in [1.807, 2.05) is 5.32 Å². The minimum atomic E-state index is -4.51. The number of halogens is 3. The standard InChI is InChI=1S/C19H20F3N3O4S/c1-2-29-17(27)15-9-11-8-12(5-6-14(11)30-15)24-18(28)25-7-3-4-13(25)16(26)23-10-19(20,21)22/h5-6,8-9,13H,2-4,7,10H2,1H3,(H,23,26)(H,24,28). The summed E-state index contributed by atoms with van der Waals surface area (Å²) in [6.45, 7) is 0.814. The first-order valence-electron chi connectivity index (χ1n) is 9.30. The van der Waals surface area contributed by atoms with Crippen LogP contribution in [0.5, 0.6) is 0 Å². The number of ether oxygens (including phenoxy) is 1. The summed E-state index contributed by atoms with van der Waals surface area (Å²) in [6, 6.07) is 5.22. The zero-order valence-electron chi connectivity index (χ0n) is 16.0. The predicted molar refractivity (Wildman–Crippen MR) is 106 cm³/mol. The van der Waals surface area contributed by atoms with Crippen LogP contribution in [-0.2, 0) is 9.53 Å². The van der Waals surface area contributed by atoms with E-state index in [1.165, 1.54) is 16.2 Å². The molecule has 1 aliphatic heterocycles. The van der Waals surface area contributed by atoms with Crippen molar-refractivity contribution >= 4 is 45.0 Å². The van der Waals surface area contributed by atoms with Gasteiger partial charge in [0, 0.05) is 16.9 Å². The molecule has 30 heavy (non-hydrogen) atoms. The van der Waals surface area contributed by atoms with E-state index < -0.39 is 36.7 Å². The number of carbonyl (C=O) groups is 3. The number of fused-ring (bicyclic) bond motifs is 1. The Morgan fingerprint density at radius 2 is 2.03 bits per heavy atom. The minimum absolute atomic E-state index is 0.266. The fourth-order valence-corrected chi connectivity index (χ4v) is 4.14. The Morgan fingerprint density at radius 3 is 2.73 bits per heavy atom. The quantitative estimate of drug-likeness (QED) is 0.689. The van der Waals surface area contributed by atoms with E-state index in [2.05, 4.69) is 5.32 Å². The van der Waals surface area contributed by atoms with E-state index in [4.69, 9.17) is 4.74 Å². The number of anilines is 1. The van der Waals surface area contributed by atoms with Gasteiger partial charge in [-0.3, -0.25) is 4.79 Å². The number of thiophene rings is 1. The van der Waals surface area contributed by atoms with Crippen molar-refractivity contribution in [1.29, 1.82) is 0 Å². The number of alkyl halides is 3. The van der Waals surface area contributed by atoms with E-state index in [0.717, 1.165) is 10.1 Å². The van der Waals surface area contributed by atoms with Crippen LogP contribution < -0.4 is 10.6 Å². The van der Waals surface area contributed by atoms with Gasteiger partial charge in [0.2, 0.25) is 5.91 Å². The number of nitrogens with one attached hydrogen (secondary N) is 2. The van der Waals surface area contributed by atoms with Gasteiger partial charge in [-0.1, -0.05) is 0 Å². The Kier molecular flexibility index (Phi) is 6.49. The molecular formula is C19H20F3N3O4S. The molecule has 2 heterocycles. The number of amides is 3. The molecule has 2 aromatic rings. The van der Waals surface area contributed by atoms with E-state index in [1.54, 1.807) is 31.2 Å². The molecule has 162 valence electrons. The fourth-order valence-electron chi connectivity index (χ4n) is 3.21. The molecule has 1 unspecified atom stereocenters. The van der Waals surface area contributed by atoms with Crippen LogP contribution in [0.3, 0.4) is 0 Å². The van der Waals surface area contributed by atoms with Crippen LogP contribution >= 0.6 is 11.3 Å². The molecule has 7 nitrogen and oxygen atoms in total. The molecule has 0 radical (unpaired) electrons. The summed E-state index contributed by atoms with van der Waals surface area (Å²) in [7, 11) is 0. The van der Waals surface area contributed by atoms with E-state index >= 15 is 0 Å². The monoisotopic (exact) mass is 443 g/mol. The molecule has 0 bridgehead atoms. The average molecular weight is 443 g/mol. The molecule has 1 aromatic heterocycles. The van der Waals surface area contributed by atoms with Gasteiger partial charge in [0.25, 0.3) is 0 Å². The number of esters is 1. The lowest BCUT2D eigenvalue weighted by atomic mass is 10.2. The second kappa shape index (κ2) is 8.90. The van der Waals surface area contributed by atoms with Gasteiger partial charge in [-0.05, 0) is 49.4 Å². The molecule has 1 aromatic carbocycles. The first kappa shape index (κ1) is 21.9. The number of carbonyl (C=O) groups excluding carboxylic acids is 3. The summed E-state index contributed by atoms with van der Waals surface area (Å²) < 4.78 is 42.8. The molecule has 1 fully saturated rings. The van der Waals surface area contributed by atoms with E-state index in [9.17, 15) is 27.6 Å². The first-order chi connectivity index (χ1) is 14.2. The van der Waals surface area contributed by atoms with Crippen LogP contribution in [0, 0.1) is 0 Å². The van der Waals surface area contributed by atoms with Crippen LogP contribution in [0.25, 0.3) is 10.1 Å². The molecule has 1 saturated heterocycles. The van der Waals surface area contributed by atoms with Gasteiger partial charge in [-0.25, -0.2) is 9.59 Å². The van der Waals surface area contributed by atoms with Crippen LogP contribution in [0.2, 0.25) is 0 Å². The van der Waals surface area contributed by atoms with Crippen molar-refractivity contribution in [2.45, 2.75) is 32.0 Å². The normalized spacial score (nSPS) is 16.5. The molecule has 0 spiro atoms. The molecule has 1 aliphatic rings. The number of hydrogen-bond acceptors (Lipinski definition) is 5. The Labute approximate surface area is 174 Å². The lowest BCUT2D eigenvalue weighted by Crippen LogP contribution is -2.49. The van der Waals surface area contributed by atoms with Crippen molar-refractivity contribution in [2.24, 2.45) is 0 Å². The highest BCUT2D eigenvalue weighted by Gasteiger charge is 2.36. The van der Waals surface area contributed by atoms with Crippen LogP contribution in [0.15, 0.2) is 24.3 Å². The highest BCUT2D eigenvalue weighted by molar-refractivity contribution is 7.20. The Hall–Kier alpha value is -2.82. The van der Waals surface area contributed by atoms with Gasteiger partial charge < -0.3 is 20.3 Å². The zero-order chi connectivity index (χ0) is 21.9. The van der Waals surface area contributed by atoms with Crippen molar-refractivity contribution < 1.29 is 32.3 Å². The van der Waals surface area contributed by atoms with E-state index in [-0.39, 0.29) is 13.2 Å². The predicted octanol–water partition coefficient (Wildman–Crippen LogP) is 3.75. The SMILES string of the molecule is CCOC(=O)c1cc2cc(NC(=O)N3CCCC3C(=O)NCC(F)(F)F)ccc2s1. The maximum absolute atomic E-state index is 12.6. The van der Waals surface area contributed by atoms with Gasteiger partial charge in [0.15, 0.2) is 0 Å². The first-order valence-corrected chi connectivity index (χ1v) is 10.1. The molecule has 0 saturated carbocycles. The summed E-state index contributed by atoms with van der Waals surface area (Å²) in [6.07, 6.45) is -3.70. The Bertz CT molecular complexity index is 960. The molecule has 0 aliphatic carbocycles. The lowest BCUT2D eigenvalue weighted by Gasteiger charge is -2.24. The lowest BCUT2D eigenvalue weighted by molar-refractivity contribution is -0.140. The van der Waals surface area contributed by atoms with Gasteiger partial charge in [0.1, 0.15) is 17.5 Å². The summed E-state index contributed by atoms with van der Waals surface area (Å²) in [5, 5.41) is 5.24. The third-order valence-electron chi connectivity index (χ3n) is 4.52. The number of hydrogen-bond donors (Lipinski definition) is 2. The molecule has 1 atom stereocenters. The molecule has 3 amide bonds. The van der Waals surface area contributed by atoms with Gasteiger partial charge in [-0.2, -0.15) is 13.2 Å². The smallest absolute Gasteiger partial charge is 0.405 e. The Morgan fingerprint density at radius 1 is 1.27 bits per heavy atom. The third-order valence-corrected chi connectivity index (χ3v) is 5.62. The molecule has 11 heteroatoms. The fraction of sp³-hybridized carbons (Fsp3) is 0.421. The minimum Gasteiger partial charge on any atom is -0.462 e. The topological polar surface area (TPSA) is 87.7 Å². The number of likely N-dealkylation sites (tertiary alicyclic amines) is 1. The van der Waals surface area contributed by atoms with Crippen LogP contribution in [0.1, 0.15) is 29.4 Å². The number of benzene rings is 1. The summed E-state index contributed by atoms with van der Waals surface area (Å²) >= 11 is 1.27. The van der Waals surface area contributed by atoms with Gasteiger partial charge in [0.05, 0.1) is 6.61 Å². The summed E-state index contributed by atoms with van der Waals surface area (Å²) in [5.41, 5.74) is 0.446. The van der Waals surface area contributed by atoms with Crippen molar-refractivity contribution in [3.05, 3.63) is 29.1 Å². The zero-order valence-corrected chi connectivity index (χ0v) is 16.9. The second-order valence-electron chi connectivity index (χ2n) is 6.70.